The fourth-order valence-electron chi connectivity index (χ4n) is 1.95. The van der Waals surface area contributed by atoms with Crippen LogP contribution in [0.2, 0.25) is 0 Å². The Balaban J connectivity index is 2.18. The average Bonchev–Trinajstić information content (AvgIpc) is 2.45. The number of rotatable bonds is 5. The molecule has 0 saturated carbocycles. The van der Waals surface area contributed by atoms with Crippen LogP contribution in [0.3, 0.4) is 0 Å². The summed E-state index contributed by atoms with van der Waals surface area (Å²) in [5.74, 6) is 0.556. The van der Waals surface area contributed by atoms with E-state index in [0.29, 0.717) is 5.56 Å². The molecule has 0 aliphatic carbocycles. The predicted octanol–water partition coefficient (Wildman–Crippen LogP) is 3.43. The van der Waals surface area contributed by atoms with Crippen molar-refractivity contribution in [3.05, 3.63) is 59.4 Å². The van der Waals surface area contributed by atoms with Gasteiger partial charge in [-0.1, -0.05) is 24.3 Å². The van der Waals surface area contributed by atoms with E-state index < -0.39 is 5.82 Å². The maximum Gasteiger partial charge on any atom is 0.165 e. The molecule has 0 amide bonds. The van der Waals surface area contributed by atoms with Crippen molar-refractivity contribution in [3.63, 3.8) is 0 Å². The summed E-state index contributed by atoms with van der Waals surface area (Å²) in [6, 6.07) is 12.0. The van der Waals surface area contributed by atoms with Gasteiger partial charge in [-0.25, -0.2) is 4.39 Å². The van der Waals surface area contributed by atoms with Gasteiger partial charge in [-0.2, -0.15) is 0 Å². The highest BCUT2D eigenvalue weighted by molar-refractivity contribution is 5.37. The molecule has 2 N–H and O–H groups in total. The number of hydrogen-bond acceptors (Lipinski definition) is 3. The Bertz CT molecular complexity index is 584. The average molecular weight is 275 g/mol. The van der Waals surface area contributed by atoms with E-state index in [9.17, 15) is 4.39 Å². The first-order valence-electron chi connectivity index (χ1n) is 6.41. The van der Waals surface area contributed by atoms with Crippen LogP contribution in [0.25, 0.3) is 0 Å². The van der Waals surface area contributed by atoms with Crippen molar-refractivity contribution >= 4 is 0 Å². The number of methoxy groups -OCH3 is 1. The quantitative estimate of drug-likeness (QED) is 0.909. The van der Waals surface area contributed by atoms with Crippen LogP contribution < -0.4 is 15.2 Å². The van der Waals surface area contributed by atoms with Crippen LogP contribution in [-0.4, -0.2) is 7.11 Å². The number of ether oxygens (including phenoxy) is 2. The smallest absolute Gasteiger partial charge is 0.165 e. The molecule has 2 rings (SSSR count). The van der Waals surface area contributed by atoms with E-state index in [1.807, 2.05) is 24.3 Å². The minimum absolute atomic E-state index is 0.213. The van der Waals surface area contributed by atoms with Crippen molar-refractivity contribution in [1.29, 1.82) is 0 Å². The molecule has 2 aromatic rings. The maximum atomic E-state index is 13.9. The first-order valence-corrected chi connectivity index (χ1v) is 6.41. The molecular weight excluding hydrogens is 257 g/mol. The summed E-state index contributed by atoms with van der Waals surface area (Å²) < 4.78 is 24.6. The van der Waals surface area contributed by atoms with Gasteiger partial charge in [0.2, 0.25) is 0 Å². The van der Waals surface area contributed by atoms with Crippen LogP contribution in [-0.2, 0) is 6.61 Å². The second kappa shape index (κ2) is 6.39. The van der Waals surface area contributed by atoms with Gasteiger partial charge in [0.25, 0.3) is 0 Å². The standard InChI is InChI=1S/C16H18FNO2/c1-11(18)14-7-4-8-15(17)16(14)20-10-12-5-3-6-13(9-12)19-2/h3-9,11H,10,18H2,1-2H3/t11-/m1/s1. The van der Waals surface area contributed by atoms with Gasteiger partial charge < -0.3 is 15.2 Å². The summed E-state index contributed by atoms with van der Waals surface area (Å²) >= 11 is 0. The van der Waals surface area contributed by atoms with Gasteiger partial charge in [0, 0.05) is 11.6 Å². The number of benzene rings is 2. The van der Waals surface area contributed by atoms with Gasteiger partial charge in [0.15, 0.2) is 11.6 Å². The van der Waals surface area contributed by atoms with Crippen molar-refractivity contribution < 1.29 is 13.9 Å². The third kappa shape index (κ3) is 3.27. The minimum Gasteiger partial charge on any atom is -0.497 e. The minimum atomic E-state index is -0.400. The van der Waals surface area contributed by atoms with E-state index in [2.05, 4.69) is 0 Å². The largest absolute Gasteiger partial charge is 0.497 e. The number of para-hydroxylation sites is 1. The molecule has 106 valence electrons. The van der Waals surface area contributed by atoms with Crippen LogP contribution in [0.1, 0.15) is 24.1 Å². The van der Waals surface area contributed by atoms with Crippen LogP contribution in [0.5, 0.6) is 11.5 Å². The molecular formula is C16H18FNO2. The Labute approximate surface area is 118 Å². The van der Waals surface area contributed by atoms with E-state index in [1.54, 1.807) is 26.2 Å². The molecule has 0 spiro atoms. The number of halogens is 1. The topological polar surface area (TPSA) is 44.5 Å². The lowest BCUT2D eigenvalue weighted by Gasteiger charge is -2.15. The molecule has 0 aliphatic heterocycles. The molecule has 2 aromatic carbocycles. The molecule has 4 heteroatoms. The highest BCUT2D eigenvalue weighted by Crippen LogP contribution is 2.28. The predicted molar refractivity (Wildman–Crippen MR) is 76.3 cm³/mol. The molecule has 0 heterocycles. The Kier molecular flexibility index (Phi) is 4.58. The molecule has 1 atom stereocenters. The third-order valence-corrected chi connectivity index (χ3v) is 3.01. The van der Waals surface area contributed by atoms with Crippen molar-refractivity contribution in [2.75, 3.05) is 7.11 Å². The zero-order chi connectivity index (χ0) is 14.5. The molecule has 0 fully saturated rings. The van der Waals surface area contributed by atoms with Gasteiger partial charge in [-0.3, -0.25) is 0 Å². The van der Waals surface area contributed by atoms with E-state index in [1.165, 1.54) is 6.07 Å². The Morgan fingerprint density at radius 1 is 1.20 bits per heavy atom. The Hall–Kier alpha value is -2.07. The monoisotopic (exact) mass is 275 g/mol. The lowest BCUT2D eigenvalue weighted by molar-refractivity contribution is 0.284. The maximum absolute atomic E-state index is 13.9. The summed E-state index contributed by atoms with van der Waals surface area (Å²) in [5, 5.41) is 0. The summed E-state index contributed by atoms with van der Waals surface area (Å²) in [6.07, 6.45) is 0. The lowest BCUT2D eigenvalue weighted by atomic mass is 10.1. The Morgan fingerprint density at radius 2 is 1.95 bits per heavy atom. The molecule has 0 aliphatic rings. The Morgan fingerprint density at radius 3 is 2.65 bits per heavy atom. The lowest BCUT2D eigenvalue weighted by Crippen LogP contribution is -2.09. The molecule has 0 unspecified atom stereocenters. The highest BCUT2D eigenvalue weighted by atomic mass is 19.1. The third-order valence-electron chi connectivity index (χ3n) is 3.01. The van der Waals surface area contributed by atoms with Crippen LogP contribution >= 0.6 is 0 Å². The van der Waals surface area contributed by atoms with Crippen molar-refractivity contribution in [2.24, 2.45) is 5.73 Å². The zero-order valence-corrected chi connectivity index (χ0v) is 11.6. The van der Waals surface area contributed by atoms with E-state index in [4.69, 9.17) is 15.2 Å². The second-order valence-corrected chi connectivity index (χ2v) is 4.59. The zero-order valence-electron chi connectivity index (χ0n) is 11.6. The van der Waals surface area contributed by atoms with Crippen LogP contribution in [0.4, 0.5) is 4.39 Å². The van der Waals surface area contributed by atoms with Gasteiger partial charge in [0.05, 0.1) is 7.11 Å². The number of hydrogen-bond donors (Lipinski definition) is 1. The van der Waals surface area contributed by atoms with Crippen molar-refractivity contribution in [3.8, 4) is 11.5 Å². The SMILES string of the molecule is COc1cccc(COc2c(F)cccc2[C@@H](C)N)c1. The normalized spacial score (nSPS) is 12.0. The van der Waals surface area contributed by atoms with E-state index in [-0.39, 0.29) is 18.4 Å². The van der Waals surface area contributed by atoms with E-state index >= 15 is 0 Å². The van der Waals surface area contributed by atoms with Gasteiger partial charge in [0.1, 0.15) is 12.4 Å². The molecule has 0 aromatic heterocycles. The van der Waals surface area contributed by atoms with Crippen molar-refractivity contribution in [2.45, 2.75) is 19.6 Å². The van der Waals surface area contributed by atoms with Gasteiger partial charge in [-0.15, -0.1) is 0 Å². The second-order valence-electron chi connectivity index (χ2n) is 4.59. The summed E-state index contributed by atoms with van der Waals surface area (Å²) in [6.45, 7) is 2.06. The van der Waals surface area contributed by atoms with Gasteiger partial charge in [-0.05, 0) is 30.7 Å². The van der Waals surface area contributed by atoms with Gasteiger partial charge >= 0.3 is 0 Å². The molecule has 0 saturated heterocycles. The summed E-state index contributed by atoms with van der Waals surface area (Å²) in [5.41, 5.74) is 7.40. The first-order chi connectivity index (χ1) is 9.61. The molecule has 3 nitrogen and oxygen atoms in total. The first kappa shape index (κ1) is 14.3. The van der Waals surface area contributed by atoms with Crippen molar-refractivity contribution in [1.82, 2.24) is 0 Å². The van der Waals surface area contributed by atoms with Crippen LogP contribution in [0, 0.1) is 5.82 Å². The van der Waals surface area contributed by atoms with Crippen LogP contribution in [0.15, 0.2) is 42.5 Å². The van der Waals surface area contributed by atoms with E-state index in [0.717, 1.165) is 11.3 Å². The molecule has 0 bridgehead atoms. The highest BCUT2D eigenvalue weighted by Gasteiger charge is 2.13. The molecule has 20 heavy (non-hydrogen) atoms. The molecule has 0 radical (unpaired) electrons. The fraction of sp³-hybridized carbons (Fsp3) is 0.250. The number of nitrogens with two attached hydrogens (primary N) is 1. The summed E-state index contributed by atoms with van der Waals surface area (Å²) in [7, 11) is 1.60. The summed E-state index contributed by atoms with van der Waals surface area (Å²) in [4.78, 5) is 0. The fourth-order valence-corrected chi connectivity index (χ4v) is 1.95.